The zero-order valence-corrected chi connectivity index (χ0v) is 14.2. The molecule has 0 atom stereocenters. The zero-order valence-electron chi connectivity index (χ0n) is 11.2. The van der Waals surface area contributed by atoms with Crippen LogP contribution in [-0.2, 0) is 0 Å². The van der Waals surface area contributed by atoms with Gasteiger partial charge in [0.2, 0.25) is 0 Å². The van der Waals surface area contributed by atoms with Gasteiger partial charge in [0.05, 0.1) is 0 Å². The van der Waals surface area contributed by atoms with Gasteiger partial charge in [0.1, 0.15) is 11.5 Å². The second kappa shape index (κ2) is 8.05. The Balaban J connectivity index is 0.00000161. The van der Waals surface area contributed by atoms with Gasteiger partial charge in [-0.2, -0.15) is 0 Å². The van der Waals surface area contributed by atoms with Crippen LogP contribution in [0.2, 0.25) is 0 Å². The minimum absolute atomic E-state index is 0. The van der Waals surface area contributed by atoms with Crippen LogP contribution in [0.1, 0.15) is 0 Å². The Morgan fingerprint density at radius 1 is 0.524 bits per heavy atom. The van der Waals surface area contributed by atoms with Crippen molar-refractivity contribution in [2.45, 2.75) is 0 Å². The van der Waals surface area contributed by atoms with Gasteiger partial charge in [-0.05, 0) is 48.5 Å². The van der Waals surface area contributed by atoms with E-state index >= 15 is 0 Å². The summed E-state index contributed by atoms with van der Waals surface area (Å²) in [7, 11) is 0. The molecular formula is C18H14ClIO. The number of benzene rings is 3. The van der Waals surface area contributed by atoms with Crippen molar-refractivity contribution >= 4 is 0 Å². The monoisotopic (exact) mass is 408 g/mol. The third kappa shape index (κ3) is 4.76. The second-order valence-electron chi connectivity index (χ2n) is 4.26. The molecule has 0 heterocycles. The van der Waals surface area contributed by atoms with Crippen molar-refractivity contribution in [2.24, 2.45) is 0 Å². The van der Waals surface area contributed by atoms with Crippen LogP contribution in [0.5, 0.6) is 11.5 Å². The van der Waals surface area contributed by atoms with Crippen LogP contribution in [0.15, 0.2) is 84.9 Å². The lowest BCUT2D eigenvalue weighted by Crippen LogP contribution is -3.61. The van der Waals surface area contributed by atoms with Gasteiger partial charge in [-0.15, -0.1) is 0 Å². The molecule has 0 aliphatic rings. The Morgan fingerprint density at radius 2 is 1.00 bits per heavy atom. The highest BCUT2D eigenvalue weighted by Crippen LogP contribution is 2.19. The molecule has 0 aliphatic heterocycles. The maximum Gasteiger partial charge on any atom is 0.357 e. The maximum atomic E-state index is 5.80. The molecule has 0 fully saturated rings. The first kappa shape index (κ1) is 15.9. The minimum atomic E-state index is -0.100. The van der Waals surface area contributed by atoms with Crippen molar-refractivity contribution in [3.8, 4) is 11.5 Å². The molecule has 106 valence electrons. The van der Waals surface area contributed by atoms with E-state index in [1.54, 1.807) is 0 Å². The molecule has 0 saturated carbocycles. The topological polar surface area (TPSA) is 9.23 Å². The fraction of sp³-hybridized carbons (Fsp3) is 0. The molecule has 0 aromatic heterocycles. The smallest absolute Gasteiger partial charge is 0.357 e. The van der Waals surface area contributed by atoms with Gasteiger partial charge in [-0.25, -0.2) is 0 Å². The molecule has 0 radical (unpaired) electrons. The molecule has 0 saturated heterocycles. The maximum absolute atomic E-state index is 5.80. The van der Waals surface area contributed by atoms with Crippen LogP contribution in [0.25, 0.3) is 0 Å². The van der Waals surface area contributed by atoms with Crippen molar-refractivity contribution in [2.75, 3.05) is 0 Å². The first-order valence-electron chi connectivity index (χ1n) is 6.43. The summed E-state index contributed by atoms with van der Waals surface area (Å²) >= 11 is -0.100. The van der Waals surface area contributed by atoms with Gasteiger partial charge >= 0.3 is 21.2 Å². The second-order valence-corrected chi connectivity index (χ2v) is 7.29. The summed E-state index contributed by atoms with van der Waals surface area (Å²) in [6.45, 7) is 0. The van der Waals surface area contributed by atoms with E-state index in [0.717, 1.165) is 11.5 Å². The van der Waals surface area contributed by atoms with Gasteiger partial charge in [0, 0.05) is 0 Å². The van der Waals surface area contributed by atoms with Crippen LogP contribution >= 0.6 is 0 Å². The summed E-state index contributed by atoms with van der Waals surface area (Å²) in [6.07, 6.45) is 0. The van der Waals surface area contributed by atoms with Gasteiger partial charge < -0.3 is 17.1 Å². The van der Waals surface area contributed by atoms with Crippen LogP contribution in [0.3, 0.4) is 0 Å². The lowest BCUT2D eigenvalue weighted by molar-refractivity contribution is -0.597. The van der Waals surface area contributed by atoms with E-state index in [0.29, 0.717) is 0 Å². The summed E-state index contributed by atoms with van der Waals surface area (Å²) in [5.74, 6) is 1.76. The number of rotatable bonds is 4. The van der Waals surface area contributed by atoms with Crippen molar-refractivity contribution in [3.05, 3.63) is 92.1 Å². The molecule has 0 unspecified atom stereocenters. The Bertz CT molecular complexity index is 593. The molecule has 0 N–H and O–H groups in total. The molecular weight excluding hydrogens is 395 g/mol. The standard InChI is InChI=1S/C18H14IO.ClH/c1-3-7-15(8-4-1)19-16-11-13-18(14-12-16)20-17-9-5-2-6-10-17;/h1-14H;1H/q+1;/p-1. The van der Waals surface area contributed by atoms with Gasteiger partial charge in [0.15, 0.2) is 7.14 Å². The zero-order chi connectivity index (χ0) is 13.6. The number of ether oxygens (including phenoxy) is 1. The third-order valence-corrected chi connectivity index (χ3v) is 5.43. The molecule has 0 spiro atoms. The highest BCUT2D eigenvalue weighted by atomic mass is 127. The van der Waals surface area contributed by atoms with Crippen LogP contribution in [0.4, 0.5) is 0 Å². The predicted octanol–water partition coefficient (Wildman–Crippen LogP) is -1.39. The SMILES string of the molecule is [Cl-].c1ccc(Oc2ccc([I+]c3ccccc3)cc2)cc1. The highest BCUT2D eigenvalue weighted by Gasteiger charge is 2.14. The average molecular weight is 409 g/mol. The fourth-order valence-corrected chi connectivity index (χ4v) is 4.01. The van der Waals surface area contributed by atoms with E-state index in [-0.39, 0.29) is 33.6 Å². The van der Waals surface area contributed by atoms with E-state index < -0.39 is 0 Å². The summed E-state index contributed by atoms with van der Waals surface area (Å²) in [6, 6.07) is 28.9. The molecule has 0 amide bonds. The molecule has 3 aromatic carbocycles. The molecule has 0 aliphatic carbocycles. The van der Waals surface area contributed by atoms with E-state index in [1.165, 1.54) is 7.14 Å². The largest absolute Gasteiger partial charge is 1.00 e. The van der Waals surface area contributed by atoms with Crippen molar-refractivity contribution in [1.82, 2.24) is 0 Å². The molecule has 3 aromatic rings. The number of para-hydroxylation sites is 1. The summed E-state index contributed by atoms with van der Waals surface area (Å²) < 4.78 is 8.63. The lowest BCUT2D eigenvalue weighted by Gasteiger charge is -2.03. The number of hydrogen-bond donors (Lipinski definition) is 0. The Morgan fingerprint density at radius 3 is 1.62 bits per heavy atom. The van der Waals surface area contributed by atoms with Crippen molar-refractivity contribution in [3.63, 3.8) is 0 Å². The van der Waals surface area contributed by atoms with Crippen LogP contribution in [-0.4, -0.2) is 0 Å². The van der Waals surface area contributed by atoms with E-state index in [2.05, 4.69) is 42.5 Å². The summed E-state index contributed by atoms with van der Waals surface area (Å²) in [5.41, 5.74) is 0. The van der Waals surface area contributed by atoms with Crippen LogP contribution < -0.4 is 38.3 Å². The third-order valence-electron chi connectivity index (χ3n) is 2.74. The van der Waals surface area contributed by atoms with Gasteiger partial charge in [-0.3, -0.25) is 0 Å². The van der Waals surface area contributed by atoms with Crippen molar-refractivity contribution in [1.29, 1.82) is 0 Å². The first-order chi connectivity index (χ1) is 9.90. The molecule has 1 nitrogen and oxygen atoms in total. The average Bonchev–Trinajstić information content (AvgIpc) is 2.51. The highest BCUT2D eigenvalue weighted by molar-refractivity contribution is 5.30. The van der Waals surface area contributed by atoms with E-state index in [9.17, 15) is 0 Å². The quantitative estimate of drug-likeness (QED) is 0.483. The summed E-state index contributed by atoms with van der Waals surface area (Å²) in [5, 5.41) is 0. The Hall–Kier alpha value is -1.52. The van der Waals surface area contributed by atoms with Crippen LogP contribution in [0, 0.1) is 7.14 Å². The minimum Gasteiger partial charge on any atom is -1.00 e. The fourth-order valence-electron chi connectivity index (χ4n) is 1.79. The van der Waals surface area contributed by atoms with Gasteiger partial charge in [0.25, 0.3) is 0 Å². The summed E-state index contributed by atoms with van der Waals surface area (Å²) in [4.78, 5) is 0. The Kier molecular flexibility index (Phi) is 6.08. The molecule has 3 heteroatoms. The Labute approximate surface area is 141 Å². The van der Waals surface area contributed by atoms with Crippen molar-refractivity contribution < 1.29 is 38.3 Å². The van der Waals surface area contributed by atoms with E-state index in [1.807, 2.05) is 42.5 Å². The van der Waals surface area contributed by atoms with Gasteiger partial charge in [-0.1, -0.05) is 36.4 Å². The predicted molar refractivity (Wildman–Crippen MR) is 76.8 cm³/mol. The molecule has 3 rings (SSSR count). The number of hydrogen-bond acceptors (Lipinski definition) is 1. The first-order valence-corrected chi connectivity index (χ1v) is 8.59. The molecule has 0 bridgehead atoms. The number of halogens is 2. The lowest BCUT2D eigenvalue weighted by atomic mass is 10.3. The van der Waals surface area contributed by atoms with E-state index in [4.69, 9.17) is 4.74 Å². The molecule has 21 heavy (non-hydrogen) atoms. The normalized spacial score (nSPS) is 9.71.